The Balaban J connectivity index is 2.00. The monoisotopic (exact) mass is 342 g/mol. The predicted octanol–water partition coefficient (Wildman–Crippen LogP) is -1.18. The number of nitrogens with two attached hydrogens (primary N) is 1. The average molecular weight is 343 g/mol. The number of nitrogens with one attached hydrogen (secondary N) is 1. The maximum atomic E-state index is 11.3. The predicted molar refractivity (Wildman–Crippen MR) is 79.4 cm³/mol. The van der Waals surface area contributed by atoms with E-state index in [1.807, 2.05) is 0 Å². The normalized spacial score (nSPS) is 27.5. The van der Waals surface area contributed by atoms with Gasteiger partial charge in [0.15, 0.2) is 17.7 Å². The van der Waals surface area contributed by atoms with Crippen molar-refractivity contribution in [2.24, 2.45) is 0 Å². The Morgan fingerprint density at radius 1 is 1.57 bits per heavy atom. The zero-order chi connectivity index (χ0) is 16.7. The number of nitrogen functional groups attached to an aromatic ring is 1. The Bertz CT molecular complexity index is 752. The quantitative estimate of drug-likeness (QED) is 0.509. The molecule has 124 valence electrons. The van der Waals surface area contributed by atoms with Crippen LogP contribution in [0.25, 0.3) is 11.2 Å². The molecule has 1 unspecified atom stereocenters. The fraction of sp³-hybridized carbons (Fsp3) is 0.500. The molecule has 1 fully saturated rings. The minimum absolute atomic E-state index is 0.0682. The van der Waals surface area contributed by atoms with Crippen molar-refractivity contribution >= 4 is 34.5 Å². The fourth-order valence-corrected chi connectivity index (χ4v) is 2.81. The lowest BCUT2D eigenvalue weighted by Crippen LogP contribution is -2.47. The van der Waals surface area contributed by atoms with Crippen LogP contribution in [0.2, 0.25) is 5.28 Å². The summed E-state index contributed by atoms with van der Waals surface area (Å²) in [6, 6.07) is -0.769. The van der Waals surface area contributed by atoms with Crippen LogP contribution in [-0.4, -0.2) is 60.5 Å². The maximum Gasteiger partial charge on any atom is 0.226 e. The van der Waals surface area contributed by atoms with E-state index >= 15 is 0 Å². The van der Waals surface area contributed by atoms with E-state index in [2.05, 4.69) is 20.3 Å². The molecule has 2 aromatic rings. The highest BCUT2D eigenvalue weighted by atomic mass is 35.5. The molecule has 0 spiro atoms. The van der Waals surface area contributed by atoms with E-state index in [4.69, 9.17) is 22.1 Å². The van der Waals surface area contributed by atoms with Crippen LogP contribution < -0.4 is 11.1 Å². The molecular formula is C12H15ClN6O4. The fourth-order valence-electron chi connectivity index (χ4n) is 2.64. The number of carbonyl (C=O) groups is 1. The number of rotatable bonds is 3. The summed E-state index contributed by atoms with van der Waals surface area (Å²) in [5, 5.41) is 22.4. The molecule has 2 aromatic heterocycles. The van der Waals surface area contributed by atoms with Crippen molar-refractivity contribution in [3.63, 3.8) is 0 Å². The zero-order valence-corrected chi connectivity index (χ0v) is 12.8. The van der Waals surface area contributed by atoms with Crippen LogP contribution in [0.4, 0.5) is 5.82 Å². The molecule has 0 bridgehead atoms. The van der Waals surface area contributed by atoms with E-state index in [0.717, 1.165) is 0 Å². The summed E-state index contributed by atoms with van der Waals surface area (Å²) in [7, 11) is 0. The number of aromatic nitrogens is 4. The second-order valence-electron chi connectivity index (χ2n) is 5.17. The number of ether oxygens (including phenoxy) is 1. The van der Waals surface area contributed by atoms with Crippen molar-refractivity contribution in [1.82, 2.24) is 24.8 Å². The topological polar surface area (TPSA) is 148 Å². The lowest BCUT2D eigenvalue weighted by molar-refractivity contribution is -0.120. The van der Waals surface area contributed by atoms with Gasteiger partial charge >= 0.3 is 0 Å². The second kappa shape index (κ2) is 5.89. The van der Waals surface area contributed by atoms with Gasteiger partial charge in [0.25, 0.3) is 0 Å². The molecule has 23 heavy (non-hydrogen) atoms. The minimum Gasteiger partial charge on any atom is -0.394 e. The molecule has 5 N–H and O–H groups in total. The number of nitrogens with zero attached hydrogens (tertiary/aromatic N) is 4. The number of amides is 1. The van der Waals surface area contributed by atoms with Gasteiger partial charge in [-0.3, -0.25) is 9.36 Å². The SMILES string of the molecule is CC(=O)NC1[C@@H](O)[C@H](n2cnc3c(N)nc(Cl)nc32)O[C@@H]1CO. The molecule has 4 atom stereocenters. The van der Waals surface area contributed by atoms with Crippen molar-refractivity contribution in [2.45, 2.75) is 31.4 Å². The molecule has 0 aromatic carbocycles. The van der Waals surface area contributed by atoms with Gasteiger partial charge in [-0.25, -0.2) is 4.98 Å². The molecule has 1 aliphatic rings. The Morgan fingerprint density at radius 2 is 2.30 bits per heavy atom. The number of halogens is 1. The van der Waals surface area contributed by atoms with E-state index in [9.17, 15) is 15.0 Å². The Kier molecular flexibility index (Phi) is 4.06. The zero-order valence-electron chi connectivity index (χ0n) is 12.0. The molecule has 10 nitrogen and oxygen atoms in total. The number of anilines is 1. The largest absolute Gasteiger partial charge is 0.394 e. The first-order valence-electron chi connectivity index (χ1n) is 6.79. The summed E-state index contributed by atoms with van der Waals surface area (Å²) in [6.45, 7) is 0.942. The van der Waals surface area contributed by atoms with Gasteiger partial charge in [-0.05, 0) is 11.6 Å². The summed E-state index contributed by atoms with van der Waals surface area (Å²) in [4.78, 5) is 23.2. The van der Waals surface area contributed by atoms with Crippen LogP contribution in [0.1, 0.15) is 13.2 Å². The number of aliphatic hydroxyl groups excluding tert-OH is 2. The van der Waals surface area contributed by atoms with Crippen LogP contribution in [-0.2, 0) is 9.53 Å². The highest BCUT2D eigenvalue weighted by Crippen LogP contribution is 2.32. The molecule has 1 amide bonds. The molecule has 1 saturated heterocycles. The molecule has 1 aliphatic heterocycles. The number of fused-ring (bicyclic) bond motifs is 1. The summed E-state index contributed by atoms with van der Waals surface area (Å²) >= 11 is 5.81. The van der Waals surface area contributed by atoms with Crippen molar-refractivity contribution in [3.8, 4) is 0 Å². The highest BCUT2D eigenvalue weighted by Gasteiger charge is 2.45. The van der Waals surface area contributed by atoms with Gasteiger partial charge < -0.3 is 26.0 Å². The van der Waals surface area contributed by atoms with Crippen molar-refractivity contribution in [2.75, 3.05) is 12.3 Å². The minimum atomic E-state index is -1.12. The highest BCUT2D eigenvalue weighted by molar-refractivity contribution is 6.28. The smallest absolute Gasteiger partial charge is 0.226 e. The Hall–Kier alpha value is -2.01. The summed E-state index contributed by atoms with van der Waals surface area (Å²) in [6.07, 6.45) is -1.43. The number of hydrogen-bond donors (Lipinski definition) is 4. The van der Waals surface area contributed by atoms with E-state index in [0.29, 0.717) is 5.52 Å². The van der Waals surface area contributed by atoms with Gasteiger partial charge in [0.2, 0.25) is 11.2 Å². The summed E-state index contributed by atoms with van der Waals surface area (Å²) < 4.78 is 7.07. The lowest BCUT2D eigenvalue weighted by Gasteiger charge is -2.19. The third-order valence-electron chi connectivity index (χ3n) is 3.62. The Morgan fingerprint density at radius 3 is 2.96 bits per heavy atom. The van der Waals surface area contributed by atoms with Gasteiger partial charge in [-0.2, -0.15) is 9.97 Å². The van der Waals surface area contributed by atoms with Crippen molar-refractivity contribution in [1.29, 1.82) is 0 Å². The lowest BCUT2D eigenvalue weighted by atomic mass is 10.1. The standard InChI is InChI=1S/C12H15ClN6O4/c1-4(21)16-6-5(2-20)23-11(8(6)22)19-3-15-7-9(14)17-12(13)18-10(7)19/h3,5-6,8,11,20,22H,2H2,1H3,(H,16,21)(H2,14,17,18)/t5-,6?,8-,11-/m1/s1. The molecule has 3 heterocycles. The average Bonchev–Trinajstić information content (AvgIpc) is 3.01. The van der Waals surface area contributed by atoms with Crippen molar-refractivity contribution in [3.05, 3.63) is 11.6 Å². The molecule has 0 saturated carbocycles. The molecule has 11 heteroatoms. The number of hydrogen-bond acceptors (Lipinski definition) is 8. The van der Waals surface area contributed by atoms with Gasteiger partial charge in [0, 0.05) is 6.92 Å². The Labute approximate surface area is 135 Å². The van der Waals surface area contributed by atoms with Crippen LogP contribution in [0.5, 0.6) is 0 Å². The van der Waals surface area contributed by atoms with E-state index < -0.39 is 24.5 Å². The third-order valence-corrected chi connectivity index (χ3v) is 3.79. The number of carbonyl (C=O) groups excluding carboxylic acids is 1. The number of imidazole rings is 1. The molecular weight excluding hydrogens is 328 g/mol. The summed E-state index contributed by atoms with van der Waals surface area (Å²) in [5.74, 6) is -0.245. The third kappa shape index (κ3) is 2.70. The second-order valence-corrected chi connectivity index (χ2v) is 5.50. The van der Waals surface area contributed by atoms with Crippen molar-refractivity contribution < 1.29 is 19.7 Å². The van der Waals surface area contributed by atoms with E-state index in [1.54, 1.807) is 0 Å². The summed E-state index contributed by atoms with van der Waals surface area (Å²) in [5.41, 5.74) is 6.34. The first-order chi connectivity index (χ1) is 10.9. The van der Waals surface area contributed by atoms with Crippen LogP contribution in [0, 0.1) is 0 Å². The van der Waals surface area contributed by atoms with Gasteiger partial charge in [-0.15, -0.1) is 0 Å². The molecule has 0 radical (unpaired) electrons. The van der Waals surface area contributed by atoms with Crippen LogP contribution in [0.15, 0.2) is 6.33 Å². The van der Waals surface area contributed by atoms with Crippen LogP contribution in [0.3, 0.4) is 0 Å². The van der Waals surface area contributed by atoms with Gasteiger partial charge in [0.1, 0.15) is 17.7 Å². The van der Waals surface area contributed by atoms with Gasteiger partial charge in [0.05, 0.1) is 19.0 Å². The molecule has 0 aliphatic carbocycles. The van der Waals surface area contributed by atoms with Gasteiger partial charge in [-0.1, -0.05) is 0 Å². The number of aliphatic hydroxyl groups is 2. The van der Waals surface area contributed by atoms with Crippen LogP contribution >= 0.6 is 11.6 Å². The maximum absolute atomic E-state index is 11.3. The van der Waals surface area contributed by atoms with E-state index in [-0.39, 0.29) is 29.3 Å². The van der Waals surface area contributed by atoms with E-state index in [1.165, 1.54) is 17.8 Å². The first-order valence-corrected chi connectivity index (χ1v) is 7.17. The molecule has 3 rings (SSSR count). The first kappa shape index (κ1) is 15.9.